The van der Waals surface area contributed by atoms with Crippen molar-refractivity contribution in [1.29, 1.82) is 0 Å². The van der Waals surface area contributed by atoms with Crippen molar-refractivity contribution < 1.29 is 9.53 Å². The zero-order valence-corrected chi connectivity index (χ0v) is 16.2. The monoisotopic (exact) mass is 415 g/mol. The van der Waals surface area contributed by atoms with E-state index in [0.717, 1.165) is 42.0 Å². The molecule has 0 atom stereocenters. The van der Waals surface area contributed by atoms with Crippen LogP contribution in [0.1, 0.15) is 29.6 Å². The van der Waals surface area contributed by atoms with Gasteiger partial charge in [-0.2, -0.15) is 0 Å². The third-order valence-corrected chi connectivity index (χ3v) is 5.54. The zero-order chi connectivity index (χ0) is 17.9. The number of ether oxygens (including phenoxy) is 1. The first-order valence-corrected chi connectivity index (χ1v) is 9.91. The highest BCUT2D eigenvalue weighted by molar-refractivity contribution is 9.10. The van der Waals surface area contributed by atoms with E-state index in [4.69, 9.17) is 4.74 Å². The fourth-order valence-electron chi connectivity index (χ4n) is 3.28. The Balaban J connectivity index is 1.41. The molecule has 1 aliphatic carbocycles. The number of aromatic nitrogens is 1. The summed E-state index contributed by atoms with van der Waals surface area (Å²) in [5.41, 5.74) is 0.676. The van der Waals surface area contributed by atoms with Crippen molar-refractivity contribution in [2.45, 2.75) is 25.4 Å². The number of nitrogens with zero attached hydrogens (tertiary/aromatic N) is 3. The van der Waals surface area contributed by atoms with Crippen molar-refractivity contribution in [3.63, 3.8) is 0 Å². The van der Waals surface area contributed by atoms with E-state index in [1.165, 1.54) is 6.42 Å². The lowest BCUT2D eigenvalue weighted by Gasteiger charge is -2.36. The summed E-state index contributed by atoms with van der Waals surface area (Å²) in [6.07, 6.45) is 5.46. The molecule has 1 aliphatic heterocycles. The highest BCUT2D eigenvalue weighted by Crippen LogP contribution is 2.28. The van der Waals surface area contributed by atoms with Gasteiger partial charge in [-0.3, -0.25) is 4.79 Å². The van der Waals surface area contributed by atoms with Gasteiger partial charge in [0.15, 0.2) is 0 Å². The molecule has 0 bridgehead atoms. The molecule has 1 amide bonds. The van der Waals surface area contributed by atoms with E-state index in [-0.39, 0.29) is 12.0 Å². The van der Waals surface area contributed by atoms with Gasteiger partial charge in [0.05, 0.1) is 11.7 Å². The van der Waals surface area contributed by atoms with Crippen LogP contribution in [-0.4, -0.2) is 48.1 Å². The Morgan fingerprint density at radius 3 is 2.50 bits per heavy atom. The number of amides is 1. The lowest BCUT2D eigenvalue weighted by Crippen LogP contribution is -2.49. The molecule has 1 aromatic carbocycles. The second kappa shape index (κ2) is 7.66. The van der Waals surface area contributed by atoms with Gasteiger partial charge in [0.1, 0.15) is 11.6 Å². The summed E-state index contributed by atoms with van der Waals surface area (Å²) in [6, 6.07) is 11.6. The summed E-state index contributed by atoms with van der Waals surface area (Å²) in [5.74, 6) is 1.73. The Labute approximate surface area is 162 Å². The Hall–Kier alpha value is -2.08. The summed E-state index contributed by atoms with van der Waals surface area (Å²) >= 11 is 3.41. The van der Waals surface area contributed by atoms with Crippen LogP contribution in [0.25, 0.3) is 0 Å². The van der Waals surface area contributed by atoms with E-state index >= 15 is 0 Å². The summed E-state index contributed by atoms with van der Waals surface area (Å²) in [4.78, 5) is 21.6. The summed E-state index contributed by atoms with van der Waals surface area (Å²) < 4.78 is 6.99. The van der Waals surface area contributed by atoms with Crippen molar-refractivity contribution in [3.05, 3.63) is 52.6 Å². The number of carbonyl (C=O) groups excluding carboxylic acids is 1. The minimum Gasteiger partial charge on any atom is -0.490 e. The lowest BCUT2D eigenvalue weighted by molar-refractivity contribution is 0.0728. The first kappa shape index (κ1) is 17.3. The maximum atomic E-state index is 13.0. The third kappa shape index (κ3) is 3.70. The van der Waals surface area contributed by atoms with Crippen molar-refractivity contribution in [2.75, 3.05) is 31.1 Å². The predicted octanol–water partition coefficient (Wildman–Crippen LogP) is 3.74. The first-order chi connectivity index (χ1) is 12.7. The SMILES string of the molecule is O=C(c1ccccc1OC1CCC1)N1CCN(c2ccc(Br)cn2)CC1. The van der Waals surface area contributed by atoms with E-state index in [0.29, 0.717) is 18.7 Å². The van der Waals surface area contributed by atoms with E-state index in [1.54, 1.807) is 6.20 Å². The van der Waals surface area contributed by atoms with Crippen LogP contribution in [0.4, 0.5) is 5.82 Å². The van der Waals surface area contributed by atoms with Gasteiger partial charge < -0.3 is 14.5 Å². The van der Waals surface area contributed by atoms with Crippen LogP contribution < -0.4 is 9.64 Å². The molecule has 0 N–H and O–H groups in total. The fraction of sp³-hybridized carbons (Fsp3) is 0.400. The Bertz CT molecular complexity index is 769. The van der Waals surface area contributed by atoms with Gasteiger partial charge in [0.25, 0.3) is 5.91 Å². The Kier molecular flexibility index (Phi) is 5.11. The summed E-state index contributed by atoms with van der Waals surface area (Å²) in [7, 11) is 0. The van der Waals surface area contributed by atoms with Crippen molar-refractivity contribution in [2.24, 2.45) is 0 Å². The summed E-state index contributed by atoms with van der Waals surface area (Å²) in [6.45, 7) is 2.95. The normalized spacial score (nSPS) is 17.7. The van der Waals surface area contributed by atoms with Crippen LogP contribution in [0, 0.1) is 0 Å². The molecule has 6 heteroatoms. The summed E-state index contributed by atoms with van der Waals surface area (Å²) in [5, 5.41) is 0. The molecule has 2 heterocycles. The molecule has 2 aliphatic rings. The number of hydrogen-bond acceptors (Lipinski definition) is 4. The molecule has 0 radical (unpaired) electrons. The van der Waals surface area contributed by atoms with Crippen molar-refractivity contribution in [1.82, 2.24) is 9.88 Å². The maximum Gasteiger partial charge on any atom is 0.257 e. The van der Waals surface area contributed by atoms with Crippen LogP contribution in [0.5, 0.6) is 5.75 Å². The minimum atomic E-state index is 0.0586. The van der Waals surface area contributed by atoms with E-state index < -0.39 is 0 Å². The van der Waals surface area contributed by atoms with Gasteiger partial charge in [0.2, 0.25) is 0 Å². The number of hydrogen-bond donors (Lipinski definition) is 0. The van der Waals surface area contributed by atoms with Gasteiger partial charge in [-0.25, -0.2) is 4.98 Å². The molecule has 136 valence electrons. The average molecular weight is 416 g/mol. The number of anilines is 1. The fourth-order valence-corrected chi connectivity index (χ4v) is 3.51. The highest BCUT2D eigenvalue weighted by atomic mass is 79.9. The van der Waals surface area contributed by atoms with Gasteiger partial charge in [-0.05, 0) is 59.5 Å². The maximum absolute atomic E-state index is 13.0. The van der Waals surface area contributed by atoms with Crippen LogP contribution in [0.3, 0.4) is 0 Å². The number of para-hydroxylation sites is 1. The molecule has 1 aromatic heterocycles. The van der Waals surface area contributed by atoms with Crippen LogP contribution in [0.15, 0.2) is 47.1 Å². The predicted molar refractivity (Wildman–Crippen MR) is 105 cm³/mol. The number of pyridine rings is 1. The molecule has 1 saturated heterocycles. The average Bonchev–Trinajstić information content (AvgIpc) is 2.65. The Morgan fingerprint density at radius 1 is 1.08 bits per heavy atom. The molecule has 26 heavy (non-hydrogen) atoms. The topological polar surface area (TPSA) is 45.7 Å². The van der Waals surface area contributed by atoms with Gasteiger partial charge >= 0.3 is 0 Å². The largest absolute Gasteiger partial charge is 0.490 e. The number of benzene rings is 1. The molecule has 2 fully saturated rings. The third-order valence-electron chi connectivity index (χ3n) is 5.07. The minimum absolute atomic E-state index is 0.0586. The standard InChI is InChI=1S/C20H22BrN3O2/c21-15-8-9-19(22-14-15)23-10-12-24(13-11-23)20(25)17-6-1-2-7-18(17)26-16-4-3-5-16/h1-2,6-9,14,16H,3-5,10-13H2. The molecular formula is C20H22BrN3O2. The van der Waals surface area contributed by atoms with E-state index in [1.807, 2.05) is 41.3 Å². The second-order valence-corrected chi connectivity index (χ2v) is 7.70. The van der Waals surface area contributed by atoms with Crippen LogP contribution in [0.2, 0.25) is 0 Å². The van der Waals surface area contributed by atoms with Crippen molar-refractivity contribution >= 4 is 27.7 Å². The molecule has 2 aromatic rings. The smallest absolute Gasteiger partial charge is 0.257 e. The van der Waals surface area contributed by atoms with E-state index in [9.17, 15) is 4.79 Å². The molecule has 0 spiro atoms. The Morgan fingerprint density at radius 2 is 1.85 bits per heavy atom. The van der Waals surface area contributed by atoms with Crippen molar-refractivity contribution in [3.8, 4) is 5.75 Å². The quantitative estimate of drug-likeness (QED) is 0.762. The molecule has 0 unspecified atom stereocenters. The molecule has 4 rings (SSSR count). The molecule has 1 saturated carbocycles. The molecular weight excluding hydrogens is 394 g/mol. The highest BCUT2D eigenvalue weighted by Gasteiger charge is 2.26. The van der Waals surface area contributed by atoms with E-state index in [2.05, 4.69) is 25.8 Å². The number of halogens is 1. The van der Waals surface area contributed by atoms with Gasteiger partial charge in [-0.15, -0.1) is 0 Å². The molecule has 5 nitrogen and oxygen atoms in total. The van der Waals surface area contributed by atoms with Crippen LogP contribution >= 0.6 is 15.9 Å². The number of rotatable bonds is 4. The first-order valence-electron chi connectivity index (χ1n) is 9.12. The lowest BCUT2D eigenvalue weighted by atomic mass is 9.96. The van der Waals surface area contributed by atoms with Gasteiger partial charge in [0, 0.05) is 36.8 Å². The second-order valence-electron chi connectivity index (χ2n) is 6.78. The number of carbonyl (C=O) groups is 1. The van der Waals surface area contributed by atoms with Crippen LogP contribution in [-0.2, 0) is 0 Å². The number of piperazine rings is 1. The zero-order valence-electron chi connectivity index (χ0n) is 14.6. The van der Waals surface area contributed by atoms with Gasteiger partial charge in [-0.1, -0.05) is 12.1 Å².